The van der Waals surface area contributed by atoms with Crippen molar-refractivity contribution in [1.82, 2.24) is 20.0 Å². The van der Waals surface area contributed by atoms with Gasteiger partial charge in [-0.2, -0.15) is 5.10 Å². The van der Waals surface area contributed by atoms with Crippen molar-refractivity contribution in [3.63, 3.8) is 0 Å². The number of carbonyl (C=O) groups excluding carboxylic acids is 2. The van der Waals surface area contributed by atoms with Gasteiger partial charge in [-0.3, -0.25) is 9.59 Å². The van der Waals surface area contributed by atoms with Crippen molar-refractivity contribution in [2.24, 2.45) is 5.92 Å². The number of benzene rings is 1. The first-order valence-electron chi connectivity index (χ1n) is 10.6. The van der Waals surface area contributed by atoms with Crippen LogP contribution < -0.4 is 11.1 Å². The van der Waals surface area contributed by atoms with E-state index in [1.165, 1.54) is 6.26 Å². The Morgan fingerprint density at radius 3 is 2.81 bits per heavy atom. The monoisotopic (exact) mass is 421 g/mol. The summed E-state index contributed by atoms with van der Waals surface area (Å²) in [6, 6.07) is 15.0. The highest BCUT2D eigenvalue weighted by atomic mass is 16.3. The van der Waals surface area contributed by atoms with Gasteiger partial charge in [0.1, 0.15) is 5.82 Å². The largest absolute Gasteiger partial charge is 0.459 e. The third kappa shape index (κ3) is 4.96. The van der Waals surface area contributed by atoms with Crippen LogP contribution in [-0.2, 0) is 11.2 Å². The van der Waals surface area contributed by atoms with Gasteiger partial charge in [0, 0.05) is 25.7 Å². The zero-order valence-corrected chi connectivity index (χ0v) is 17.4. The number of piperidine rings is 1. The summed E-state index contributed by atoms with van der Waals surface area (Å²) in [6.07, 6.45) is 4.56. The number of nitrogens with one attached hydrogen (secondary N) is 1. The number of furan rings is 1. The summed E-state index contributed by atoms with van der Waals surface area (Å²) in [6.45, 7) is 1.62. The van der Waals surface area contributed by atoms with Crippen molar-refractivity contribution in [2.75, 3.05) is 25.4 Å². The van der Waals surface area contributed by atoms with Crippen LogP contribution in [0, 0.1) is 5.92 Å². The number of nitrogens with zero attached hydrogens (tertiary/aromatic N) is 3. The van der Waals surface area contributed by atoms with Crippen LogP contribution >= 0.6 is 0 Å². The highest BCUT2D eigenvalue weighted by Crippen LogP contribution is 2.19. The molecule has 162 valence electrons. The molecule has 1 saturated heterocycles. The maximum atomic E-state index is 12.6. The Labute approximate surface area is 181 Å². The molecular weight excluding hydrogens is 394 g/mol. The van der Waals surface area contributed by atoms with Crippen LogP contribution in [0.4, 0.5) is 5.82 Å². The van der Waals surface area contributed by atoms with E-state index in [0.29, 0.717) is 31.2 Å². The number of carbonyl (C=O) groups is 2. The molecule has 31 heavy (non-hydrogen) atoms. The molecule has 0 spiro atoms. The van der Waals surface area contributed by atoms with Crippen LogP contribution in [0.3, 0.4) is 0 Å². The van der Waals surface area contributed by atoms with Gasteiger partial charge in [-0.25, -0.2) is 4.68 Å². The molecule has 3 N–H and O–H groups in total. The Morgan fingerprint density at radius 1 is 1.19 bits per heavy atom. The fourth-order valence-corrected chi connectivity index (χ4v) is 3.90. The topological polar surface area (TPSA) is 106 Å². The normalized spacial score (nSPS) is 16.3. The van der Waals surface area contributed by atoms with Gasteiger partial charge < -0.3 is 20.4 Å². The van der Waals surface area contributed by atoms with Crippen molar-refractivity contribution < 1.29 is 14.0 Å². The van der Waals surface area contributed by atoms with Crippen molar-refractivity contribution in [2.45, 2.75) is 25.7 Å². The fourth-order valence-electron chi connectivity index (χ4n) is 3.90. The van der Waals surface area contributed by atoms with Gasteiger partial charge in [0.2, 0.25) is 5.91 Å². The molecule has 2 aromatic heterocycles. The molecule has 1 aromatic carbocycles. The van der Waals surface area contributed by atoms with Gasteiger partial charge in [0.15, 0.2) is 5.76 Å². The van der Waals surface area contributed by atoms with Crippen molar-refractivity contribution >= 4 is 17.6 Å². The van der Waals surface area contributed by atoms with Crippen LogP contribution in [0.2, 0.25) is 0 Å². The van der Waals surface area contributed by atoms with Crippen molar-refractivity contribution in [3.05, 3.63) is 66.2 Å². The Bertz CT molecular complexity index is 1010. The quantitative estimate of drug-likeness (QED) is 0.571. The highest BCUT2D eigenvalue weighted by Gasteiger charge is 2.29. The molecule has 8 heteroatoms. The first-order valence-corrected chi connectivity index (χ1v) is 10.6. The second kappa shape index (κ2) is 9.51. The maximum absolute atomic E-state index is 12.6. The number of para-hydroxylation sites is 1. The molecule has 8 nitrogen and oxygen atoms in total. The van der Waals surface area contributed by atoms with E-state index in [-0.39, 0.29) is 17.7 Å². The molecule has 1 fully saturated rings. The number of nitrogen functional groups attached to an aromatic ring is 1. The van der Waals surface area contributed by atoms with Gasteiger partial charge in [0.05, 0.1) is 23.6 Å². The number of aryl methyl sites for hydroxylation is 1. The number of likely N-dealkylation sites (tertiary alicyclic amines) is 1. The van der Waals surface area contributed by atoms with E-state index in [9.17, 15) is 9.59 Å². The molecule has 4 rings (SSSR count). The van der Waals surface area contributed by atoms with Crippen LogP contribution in [0.1, 0.15) is 35.5 Å². The molecule has 1 aliphatic rings. The number of hydrogen-bond donors (Lipinski definition) is 2. The van der Waals surface area contributed by atoms with E-state index in [0.717, 1.165) is 37.1 Å². The minimum absolute atomic E-state index is 0.00808. The van der Waals surface area contributed by atoms with Crippen LogP contribution in [-0.4, -0.2) is 46.1 Å². The van der Waals surface area contributed by atoms with Gasteiger partial charge in [-0.05, 0) is 49.9 Å². The first kappa shape index (κ1) is 20.7. The molecule has 1 unspecified atom stereocenters. The number of hydrogen-bond acceptors (Lipinski definition) is 5. The van der Waals surface area contributed by atoms with Crippen LogP contribution in [0.25, 0.3) is 5.69 Å². The average Bonchev–Trinajstić information content (AvgIpc) is 3.47. The zero-order chi connectivity index (χ0) is 21.6. The summed E-state index contributed by atoms with van der Waals surface area (Å²) < 4.78 is 6.92. The van der Waals surface area contributed by atoms with Crippen molar-refractivity contribution in [3.8, 4) is 5.69 Å². The van der Waals surface area contributed by atoms with E-state index in [2.05, 4.69) is 10.4 Å². The molecule has 0 radical (unpaired) electrons. The first-order chi connectivity index (χ1) is 15.1. The number of rotatable bonds is 7. The second-order valence-electron chi connectivity index (χ2n) is 7.77. The molecular formula is C23H27N5O3. The summed E-state index contributed by atoms with van der Waals surface area (Å²) in [5.41, 5.74) is 7.90. The Hall–Kier alpha value is -3.55. The standard InChI is InChI=1S/C23H27N5O3/c24-21-15-18(26-28(21)19-9-2-1-3-10-19)8-4-12-25-22(29)17-7-5-13-27(16-17)23(30)20-11-6-14-31-20/h1-3,6,9-11,14-15,17H,4-5,7-8,12-13,16,24H2,(H,25,29). The third-order valence-corrected chi connectivity index (χ3v) is 5.51. The van der Waals surface area contributed by atoms with E-state index in [1.807, 2.05) is 36.4 Å². The number of anilines is 1. The third-order valence-electron chi connectivity index (χ3n) is 5.51. The molecule has 0 bridgehead atoms. The Balaban J connectivity index is 1.24. The lowest BCUT2D eigenvalue weighted by Gasteiger charge is -2.31. The number of aromatic nitrogens is 2. The summed E-state index contributed by atoms with van der Waals surface area (Å²) in [5.74, 6) is 0.546. The van der Waals surface area contributed by atoms with E-state index < -0.39 is 0 Å². The van der Waals surface area contributed by atoms with Gasteiger partial charge in [-0.15, -0.1) is 0 Å². The van der Waals surface area contributed by atoms with E-state index in [4.69, 9.17) is 10.2 Å². The van der Waals surface area contributed by atoms with Gasteiger partial charge in [0.25, 0.3) is 5.91 Å². The minimum Gasteiger partial charge on any atom is -0.459 e. The highest BCUT2D eigenvalue weighted by molar-refractivity contribution is 5.92. The lowest BCUT2D eigenvalue weighted by atomic mass is 9.97. The Morgan fingerprint density at radius 2 is 2.03 bits per heavy atom. The van der Waals surface area contributed by atoms with E-state index >= 15 is 0 Å². The summed E-state index contributed by atoms with van der Waals surface area (Å²) in [4.78, 5) is 26.8. The Kier molecular flexibility index (Phi) is 6.35. The molecule has 0 aliphatic carbocycles. The van der Waals surface area contributed by atoms with Crippen molar-refractivity contribution in [1.29, 1.82) is 0 Å². The summed E-state index contributed by atoms with van der Waals surface area (Å²) >= 11 is 0. The van der Waals surface area contributed by atoms with Crippen LogP contribution in [0.15, 0.2) is 59.2 Å². The maximum Gasteiger partial charge on any atom is 0.289 e. The smallest absolute Gasteiger partial charge is 0.289 e. The zero-order valence-electron chi connectivity index (χ0n) is 17.4. The van der Waals surface area contributed by atoms with Gasteiger partial charge in [-0.1, -0.05) is 18.2 Å². The lowest BCUT2D eigenvalue weighted by molar-refractivity contribution is -0.126. The second-order valence-corrected chi connectivity index (χ2v) is 7.77. The predicted molar refractivity (Wildman–Crippen MR) is 117 cm³/mol. The molecule has 1 atom stereocenters. The molecule has 0 saturated carbocycles. The molecule has 3 aromatic rings. The van der Waals surface area contributed by atoms with E-state index in [1.54, 1.807) is 21.7 Å². The molecule has 3 heterocycles. The average molecular weight is 422 g/mol. The minimum atomic E-state index is -0.194. The van der Waals surface area contributed by atoms with Gasteiger partial charge >= 0.3 is 0 Å². The predicted octanol–water partition coefficient (Wildman–Crippen LogP) is 2.65. The summed E-state index contributed by atoms with van der Waals surface area (Å²) in [7, 11) is 0. The number of amides is 2. The fraction of sp³-hybridized carbons (Fsp3) is 0.348. The number of nitrogens with two attached hydrogens (primary N) is 1. The summed E-state index contributed by atoms with van der Waals surface area (Å²) in [5, 5.41) is 7.57. The van der Waals surface area contributed by atoms with Crippen LogP contribution in [0.5, 0.6) is 0 Å². The molecule has 2 amide bonds. The lowest BCUT2D eigenvalue weighted by Crippen LogP contribution is -2.45. The SMILES string of the molecule is Nc1cc(CCCNC(=O)C2CCCN(C(=O)c3ccco3)C2)nn1-c1ccccc1. The molecule has 1 aliphatic heterocycles.